The first-order valence-electron chi connectivity index (χ1n) is 8.44. The highest BCUT2D eigenvalue weighted by atomic mass is 15.0. The first-order chi connectivity index (χ1) is 11.7. The van der Waals surface area contributed by atoms with E-state index in [1.165, 1.54) is 22.1 Å². The molecule has 4 heteroatoms. The Morgan fingerprint density at radius 1 is 0.958 bits per heavy atom. The van der Waals surface area contributed by atoms with Gasteiger partial charge in [0, 0.05) is 30.9 Å². The molecule has 0 amide bonds. The molecule has 0 spiro atoms. The van der Waals surface area contributed by atoms with Crippen molar-refractivity contribution >= 4 is 16.7 Å². The van der Waals surface area contributed by atoms with E-state index in [4.69, 9.17) is 0 Å². The summed E-state index contributed by atoms with van der Waals surface area (Å²) in [6.07, 6.45) is 4.80. The van der Waals surface area contributed by atoms with E-state index in [-0.39, 0.29) is 0 Å². The van der Waals surface area contributed by atoms with Crippen LogP contribution in [0.1, 0.15) is 23.1 Å². The molecule has 24 heavy (non-hydrogen) atoms. The Bertz CT molecular complexity index is 796. The molecule has 0 saturated carbocycles. The molecule has 2 aromatic heterocycles. The summed E-state index contributed by atoms with van der Waals surface area (Å²) in [5.74, 6) is 0.941. The Balaban J connectivity index is 1.45. The molecule has 4 nitrogen and oxygen atoms in total. The molecule has 0 fully saturated rings. The third kappa shape index (κ3) is 4.09. The molecule has 2 heterocycles. The lowest BCUT2D eigenvalue weighted by atomic mass is 10.0. The van der Waals surface area contributed by atoms with Crippen LogP contribution in [0.25, 0.3) is 10.9 Å². The van der Waals surface area contributed by atoms with Gasteiger partial charge in [0.15, 0.2) is 0 Å². The third-order valence-corrected chi connectivity index (χ3v) is 4.12. The normalized spacial score (nSPS) is 10.9. The number of pyridine rings is 2. The quantitative estimate of drug-likeness (QED) is 0.650. The van der Waals surface area contributed by atoms with Crippen molar-refractivity contribution in [3.05, 3.63) is 65.5 Å². The summed E-state index contributed by atoms with van der Waals surface area (Å²) in [5.41, 5.74) is 4.81. The number of aryl methyl sites for hydroxylation is 2. The fourth-order valence-electron chi connectivity index (χ4n) is 2.75. The van der Waals surface area contributed by atoms with E-state index in [0.717, 1.165) is 37.4 Å². The molecule has 0 aliphatic rings. The van der Waals surface area contributed by atoms with Gasteiger partial charge < -0.3 is 10.6 Å². The van der Waals surface area contributed by atoms with Gasteiger partial charge in [0.2, 0.25) is 0 Å². The largest absolute Gasteiger partial charge is 0.370 e. The van der Waals surface area contributed by atoms with Crippen molar-refractivity contribution in [3.8, 4) is 0 Å². The molecule has 0 radical (unpaired) electrons. The van der Waals surface area contributed by atoms with Crippen LogP contribution in [-0.4, -0.2) is 23.1 Å². The summed E-state index contributed by atoms with van der Waals surface area (Å²) >= 11 is 0. The standard InChI is InChI=1S/C20H24N4/c1-15-6-9-19(24-13-15)22-12-4-10-21-14-17-8-7-16(2)20-18(17)5-3-11-23-20/h3,5-9,11,13,21H,4,10,12,14H2,1-2H3,(H,22,24). The highest BCUT2D eigenvalue weighted by molar-refractivity contribution is 5.84. The van der Waals surface area contributed by atoms with Gasteiger partial charge in [-0.3, -0.25) is 4.98 Å². The predicted molar refractivity (Wildman–Crippen MR) is 100 cm³/mol. The second kappa shape index (κ2) is 7.88. The van der Waals surface area contributed by atoms with E-state index >= 15 is 0 Å². The van der Waals surface area contributed by atoms with Gasteiger partial charge in [-0.2, -0.15) is 0 Å². The smallest absolute Gasteiger partial charge is 0.125 e. The summed E-state index contributed by atoms with van der Waals surface area (Å²) in [5, 5.41) is 8.11. The van der Waals surface area contributed by atoms with Crippen LogP contribution < -0.4 is 10.6 Å². The van der Waals surface area contributed by atoms with Crippen LogP contribution in [0, 0.1) is 13.8 Å². The summed E-state index contributed by atoms with van der Waals surface area (Å²) in [4.78, 5) is 8.84. The molecule has 0 saturated heterocycles. The topological polar surface area (TPSA) is 49.8 Å². The van der Waals surface area contributed by atoms with Crippen molar-refractivity contribution in [1.29, 1.82) is 0 Å². The number of fused-ring (bicyclic) bond motifs is 1. The summed E-state index contributed by atoms with van der Waals surface area (Å²) in [6.45, 7) is 6.90. The second-order valence-electron chi connectivity index (χ2n) is 6.12. The van der Waals surface area contributed by atoms with E-state index in [1.807, 2.05) is 31.5 Å². The van der Waals surface area contributed by atoms with Gasteiger partial charge in [0.25, 0.3) is 0 Å². The number of hydrogen-bond donors (Lipinski definition) is 2. The van der Waals surface area contributed by atoms with Gasteiger partial charge in [0.05, 0.1) is 5.52 Å². The number of anilines is 1. The zero-order valence-corrected chi connectivity index (χ0v) is 14.3. The number of hydrogen-bond acceptors (Lipinski definition) is 4. The van der Waals surface area contributed by atoms with E-state index in [1.54, 1.807) is 0 Å². The molecule has 0 atom stereocenters. The SMILES string of the molecule is Cc1ccc(NCCCNCc2ccc(C)c3ncccc23)nc1. The zero-order chi connectivity index (χ0) is 16.8. The van der Waals surface area contributed by atoms with E-state index in [0.29, 0.717) is 0 Å². The molecular formula is C20H24N4. The summed E-state index contributed by atoms with van der Waals surface area (Å²) < 4.78 is 0. The Kier molecular flexibility index (Phi) is 5.39. The van der Waals surface area contributed by atoms with Gasteiger partial charge in [0.1, 0.15) is 5.82 Å². The first kappa shape index (κ1) is 16.4. The molecule has 0 bridgehead atoms. The number of aromatic nitrogens is 2. The maximum absolute atomic E-state index is 4.49. The Morgan fingerprint density at radius 2 is 1.88 bits per heavy atom. The van der Waals surface area contributed by atoms with Gasteiger partial charge in [-0.25, -0.2) is 4.98 Å². The van der Waals surface area contributed by atoms with Crippen LogP contribution in [0.2, 0.25) is 0 Å². The predicted octanol–water partition coefficient (Wildman–Crippen LogP) is 3.84. The molecule has 0 aliphatic carbocycles. The van der Waals surface area contributed by atoms with Crippen LogP contribution in [-0.2, 0) is 6.54 Å². The lowest BCUT2D eigenvalue weighted by molar-refractivity contribution is 0.665. The van der Waals surface area contributed by atoms with E-state index in [9.17, 15) is 0 Å². The molecular weight excluding hydrogens is 296 g/mol. The van der Waals surface area contributed by atoms with E-state index in [2.05, 4.69) is 51.8 Å². The highest BCUT2D eigenvalue weighted by Gasteiger charge is 2.03. The molecule has 2 N–H and O–H groups in total. The Labute approximate surface area is 143 Å². The van der Waals surface area contributed by atoms with Crippen molar-refractivity contribution in [2.45, 2.75) is 26.8 Å². The summed E-state index contributed by atoms with van der Waals surface area (Å²) in [6, 6.07) is 12.6. The monoisotopic (exact) mass is 320 g/mol. The van der Waals surface area contributed by atoms with Crippen molar-refractivity contribution in [2.24, 2.45) is 0 Å². The van der Waals surface area contributed by atoms with Crippen LogP contribution in [0.4, 0.5) is 5.82 Å². The van der Waals surface area contributed by atoms with Crippen LogP contribution >= 0.6 is 0 Å². The highest BCUT2D eigenvalue weighted by Crippen LogP contribution is 2.20. The maximum Gasteiger partial charge on any atom is 0.125 e. The van der Waals surface area contributed by atoms with Crippen LogP contribution in [0.5, 0.6) is 0 Å². The minimum Gasteiger partial charge on any atom is -0.370 e. The average molecular weight is 320 g/mol. The molecule has 0 unspecified atom stereocenters. The van der Waals surface area contributed by atoms with Crippen molar-refractivity contribution in [1.82, 2.24) is 15.3 Å². The Hall–Kier alpha value is -2.46. The fraction of sp³-hybridized carbons (Fsp3) is 0.300. The van der Waals surface area contributed by atoms with Gasteiger partial charge in [-0.1, -0.05) is 24.3 Å². The molecule has 3 aromatic rings. The van der Waals surface area contributed by atoms with Crippen molar-refractivity contribution < 1.29 is 0 Å². The number of benzene rings is 1. The van der Waals surface area contributed by atoms with Crippen molar-refractivity contribution in [2.75, 3.05) is 18.4 Å². The first-order valence-corrected chi connectivity index (χ1v) is 8.44. The third-order valence-electron chi connectivity index (χ3n) is 4.12. The van der Waals surface area contributed by atoms with Crippen LogP contribution in [0.15, 0.2) is 48.8 Å². The molecule has 124 valence electrons. The fourth-order valence-corrected chi connectivity index (χ4v) is 2.75. The van der Waals surface area contributed by atoms with Crippen molar-refractivity contribution in [3.63, 3.8) is 0 Å². The van der Waals surface area contributed by atoms with Gasteiger partial charge >= 0.3 is 0 Å². The molecule has 0 aliphatic heterocycles. The summed E-state index contributed by atoms with van der Waals surface area (Å²) in [7, 11) is 0. The second-order valence-corrected chi connectivity index (χ2v) is 6.12. The number of rotatable bonds is 7. The Morgan fingerprint density at radius 3 is 2.71 bits per heavy atom. The van der Waals surface area contributed by atoms with Gasteiger partial charge in [-0.05, 0) is 55.6 Å². The minimum atomic E-state index is 0.866. The lowest BCUT2D eigenvalue weighted by Gasteiger charge is -2.10. The lowest BCUT2D eigenvalue weighted by Crippen LogP contribution is -2.18. The molecule has 3 rings (SSSR count). The maximum atomic E-state index is 4.49. The zero-order valence-electron chi connectivity index (χ0n) is 14.3. The minimum absolute atomic E-state index is 0.866. The van der Waals surface area contributed by atoms with Crippen LogP contribution in [0.3, 0.4) is 0 Å². The number of nitrogens with one attached hydrogen (secondary N) is 2. The average Bonchev–Trinajstić information content (AvgIpc) is 2.61. The molecule has 1 aromatic carbocycles. The van der Waals surface area contributed by atoms with E-state index < -0.39 is 0 Å². The number of nitrogens with zero attached hydrogens (tertiary/aromatic N) is 2. The van der Waals surface area contributed by atoms with Gasteiger partial charge in [-0.15, -0.1) is 0 Å².